The molecule has 0 spiro atoms. The van der Waals surface area contributed by atoms with Gasteiger partial charge in [-0.2, -0.15) is 0 Å². The minimum atomic E-state index is 0. The molecule has 0 saturated carbocycles. The first-order valence-electron chi connectivity index (χ1n) is 30.3. The monoisotopic (exact) mass is 2210 g/mol. The smallest absolute Gasteiger partial charge is 0.203 e. The third kappa shape index (κ3) is 17.2. The summed E-state index contributed by atoms with van der Waals surface area (Å²) in [5.74, 6) is 1.27. The Morgan fingerprint density at radius 2 is 0.878 bits per heavy atom. The number of hydrogen-bond acceptors (Lipinski definition) is 11. The average molecular weight is 2210 g/mol. The third-order valence-corrected chi connectivity index (χ3v) is 17.6. The second-order valence-corrected chi connectivity index (χ2v) is 24.6. The Bertz CT molecular complexity index is 4860. The topological polar surface area (TPSA) is 126 Å². The molecule has 15 aromatic rings. The van der Waals surface area contributed by atoms with Crippen molar-refractivity contribution >= 4 is 22.9 Å². The first-order valence-corrected chi connectivity index (χ1v) is 32.0. The number of benzene rings is 9. The Labute approximate surface area is 648 Å². The molecule has 9 aromatic carbocycles. The van der Waals surface area contributed by atoms with E-state index in [9.17, 15) is 0 Å². The Kier molecular flexibility index (Phi) is 26.9. The molecule has 500 valence electrons. The number of hydrogen-bond donors (Lipinski definition) is 0. The van der Waals surface area contributed by atoms with Crippen molar-refractivity contribution in [2.45, 2.75) is 38.5 Å². The molecular formula is C80H61Ir4N10OPtS2-5. The van der Waals surface area contributed by atoms with E-state index in [1.807, 2.05) is 146 Å². The van der Waals surface area contributed by atoms with Gasteiger partial charge in [-0.3, -0.25) is 24.3 Å². The number of rotatable bonds is 8. The number of thiazole rings is 1. The minimum Gasteiger partial charge on any atom is -0.353 e. The quantitative estimate of drug-likeness (QED) is 0.137. The van der Waals surface area contributed by atoms with Crippen LogP contribution in [0.5, 0.6) is 0 Å². The summed E-state index contributed by atoms with van der Waals surface area (Å²) >= 11 is 2.96. The molecule has 0 atom stereocenters. The predicted molar refractivity (Wildman–Crippen MR) is 373 cm³/mol. The SMILES string of the molecule is CC1(C)c2ccccc2-c2c[c-]c(-c3cscn3)cc21.Cn1ccc(-c2[c-]cc3c(c2)C(C)(C)c2ccccc2-3)n1.Cn1ccc(-c2[c-]ccc(-c3ccccc3)c2)n1.[Ir].[Ir].[Ir].[Ir].[Pt].[c-]1ccc(-c2ccccc2)cc1-c1ncon1.[c-]1ccc(-c2ccccn2)cc1-c1ncsn1. The van der Waals surface area contributed by atoms with Gasteiger partial charge >= 0.3 is 0 Å². The number of pyridine rings is 1. The maximum Gasteiger partial charge on any atom is 0.203 e. The van der Waals surface area contributed by atoms with Gasteiger partial charge in [-0.25, -0.2) is 19.6 Å². The van der Waals surface area contributed by atoms with Crippen LogP contribution >= 0.6 is 22.9 Å². The van der Waals surface area contributed by atoms with E-state index in [2.05, 4.69) is 212 Å². The molecule has 0 aliphatic heterocycles. The summed E-state index contributed by atoms with van der Waals surface area (Å²) in [7, 11) is 3.86. The van der Waals surface area contributed by atoms with Crippen LogP contribution in [0.4, 0.5) is 0 Å². The van der Waals surface area contributed by atoms with Gasteiger partial charge in [-0.1, -0.05) is 183 Å². The largest absolute Gasteiger partial charge is 0.353 e. The van der Waals surface area contributed by atoms with Crippen LogP contribution in [0.3, 0.4) is 0 Å². The molecule has 0 fully saturated rings. The number of nitrogens with zero attached hydrogens (tertiary/aromatic N) is 10. The van der Waals surface area contributed by atoms with Crippen molar-refractivity contribution in [2.75, 3.05) is 0 Å². The molecule has 2 aliphatic rings. The van der Waals surface area contributed by atoms with E-state index >= 15 is 0 Å². The van der Waals surface area contributed by atoms with E-state index in [0.717, 1.165) is 67.3 Å². The molecule has 0 amide bonds. The Morgan fingerprint density at radius 3 is 1.36 bits per heavy atom. The second kappa shape index (κ2) is 34.8. The van der Waals surface area contributed by atoms with Crippen molar-refractivity contribution < 1.29 is 106 Å². The Balaban J connectivity index is 0.000000155. The Morgan fingerprint density at radius 1 is 0.398 bits per heavy atom. The third-order valence-electron chi connectivity index (χ3n) is 16.5. The minimum absolute atomic E-state index is 0. The van der Waals surface area contributed by atoms with E-state index < -0.39 is 0 Å². The zero-order valence-corrected chi connectivity index (χ0v) is 67.2. The molecule has 6 aromatic heterocycles. The van der Waals surface area contributed by atoms with Gasteiger partial charge in [-0.15, -0.1) is 176 Å². The summed E-state index contributed by atoms with van der Waals surface area (Å²) in [4.78, 5) is 16.9. The van der Waals surface area contributed by atoms with E-state index in [4.69, 9.17) is 4.52 Å². The first-order chi connectivity index (χ1) is 45.4. The number of fused-ring (bicyclic) bond motifs is 6. The number of aryl methyl sites for hydroxylation is 2. The van der Waals surface area contributed by atoms with Gasteiger partial charge in [0.05, 0.1) is 22.5 Å². The van der Waals surface area contributed by atoms with Crippen molar-refractivity contribution in [3.05, 3.63) is 312 Å². The normalized spacial score (nSPS) is 11.7. The van der Waals surface area contributed by atoms with Crippen molar-refractivity contribution in [1.29, 1.82) is 0 Å². The van der Waals surface area contributed by atoms with Gasteiger partial charge in [0.15, 0.2) is 0 Å². The molecule has 18 heteroatoms. The van der Waals surface area contributed by atoms with Crippen LogP contribution in [0, 0.1) is 30.3 Å². The summed E-state index contributed by atoms with van der Waals surface area (Å²) in [6.45, 7) is 9.17. The van der Waals surface area contributed by atoms with Crippen molar-refractivity contribution in [3.63, 3.8) is 0 Å². The summed E-state index contributed by atoms with van der Waals surface area (Å²) < 4.78 is 12.6. The van der Waals surface area contributed by atoms with Gasteiger partial charge in [0.1, 0.15) is 5.82 Å². The molecule has 0 saturated heterocycles. The van der Waals surface area contributed by atoms with Crippen LogP contribution in [0.25, 0.3) is 112 Å². The summed E-state index contributed by atoms with van der Waals surface area (Å²) in [5, 5.41) is 14.8. The molecule has 0 N–H and O–H groups in total. The van der Waals surface area contributed by atoms with Crippen LogP contribution in [-0.2, 0) is 126 Å². The summed E-state index contributed by atoms with van der Waals surface area (Å²) in [6.07, 6.45) is 7.01. The molecule has 98 heavy (non-hydrogen) atoms. The maximum atomic E-state index is 4.73. The van der Waals surface area contributed by atoms with Gasteiger partial charge in [-0.05, 0) is 67.8 Å². The van der Waals surface area contributed by atoms with Crippen LogP contribution in [-0.4, -0.2) is 49.0 Å². The summed E-state index contributed by atoms with van der Waals surface area (Å²) in [5.41, 5.74) is 29.0. The second-order valence-electron chi connectivity index (χ2n) is 23.2. The van der Waals surface area contributed by atoms with Gasteiger partial charge in [0.2, 0.25) is 6.39 Å². The molecule has 6 heterocycles. The van der Waals surface area contributed by atoms with Crippen molar-refractivity contribution in [2.24, 2.45) is 14.1 Å². The van der Waals surface area contributed by atoms with Gasteiger partial charge < -0.3 is 4.52 Å². The molecule has 4 radical (unpaired) electrons. The fraction of sp³-hybridized carbons (Fsp3) is 0.100. The molecule has 11 nitrogen and oxygen atoms in total. The number of aromatic nitrogens is 10. The molecule has 2 aliphatic carbocycles. The molecular weight excluding hydrogens is 2150 g/mol. The fourth-order valence-electron chi connectivity index (χ4n) is 11.7. The van der Waals surface area contributed by atoms with Crippen LogP contribution in [0.2, 0.25) is 0 Å². The van der Waals surface area contributed by atoms with Crippen molar-refractivity contribution in [1.82, 2.24) is 49.0 Å². The standard InChI is InChI=1S/C19H17N2.C18H14NS.C16H13N2.C14H9N2O.C13H8N3S.4Ir.Pt/c1-19(2)16-7-5-4-6-14(16)15-9-8-13(12-17(15)19)18-10-11-21(3)20-18;1-18(2)15-6-4-3-5-13(15)14-8-7-12(9-16(14)18)17-10-20-11-19-17;1-18-11-10-16(17-18)15-9-5-8-14(12-15)13-6-3-2-4-7-13;1-2-5-11(6-3-1)12-7-4-8-13(9-12)14-15-10-17-16-14;1-2-7-14-12(6-1)10-4-3-5-11(8-10)13-15-9-17-16-13;;;;;/h4-7,9-12H,1-3H3;3-6,8-11H,1-2H3;2-8,10-12H,1H3;1-7,9-10H;1-4,6-9H;;;;;/q5*-1;;;;;. The molecule has 0 bridgehead atoms. The first kappa shape index (κ1) is 75.9. The molecule has 17 rings (SSSR count). The van der Waals surface area contributed by atoms with E-state index in [1.165, 1.54) is 73.6 Å². The Hall–Kier alpha value is -7.83. The van der Waals surface area contributed by atoms with Gasteiger partial charge in [0, 0.05) is 146 Å². The molecule has 0 unspecified atom stereocenters. The predicted octanol–water partition coefficient (Wildman–Crippen LogP) is 18.9. The van der Waals surface area contributed by atoms with Crippen LogP contribution in [0.15, 0.2) is 264 Å². The van der Waals surface area contributed by atoms with E-state index in [-0.39, 0.29) is 112 Å². The zero-order valence-electron chi connectivity index (χ0n) is 53.7. The van der Waals surface area contributed by atoms with Crippen LogP contribution in [0.1, 0.15) is 49.9 Å². The summed E-state index contributed by atoms with van der Waals surface area (Å²) in [6, 6.07) is 90.6. The maximum absolute atomic E-state index is 4.73. The zero-order chi connectivity index (χ0) is 63.7. The van der Waals surface area contributed by atoms with E-state index in [0.29, 0.717) is 11.6 Å². The average Bonchev–Trinajstić information content (AvgIpc) is 1.59. The fourth-order valence-corrected chi connectivity index (χ4v) is 12.7. The van der Waals surface area contributed by atoms with Gasteiger partial charge in [0.25, 0.3) is 0 Å². The van der Waals surface area contributed by atoms with E-state index in [1.54, 1.807) is 27.7 Å². The van der Waals surface area contributed by atoms with Crippen molar-refractivity contribution in [3.8, 4) is 112 Å². The van der Waals surface area contributed by atoms with Crippen LogP contribution < -0.4 is 0 Å².